The summed E-state index contributed by atoms with van der Waals surface area (Å²) in [7, 11) is 3.98. The summed E-state index contributed by atoms with van der Waals surface area (Å²) in [5, 5.41) is 6.25. The number of carbonyl (C=O) groups is 1. The van der Waals surface area contributed by atoms with Crippen molar-refractivity contribution in [3.05, 3.63) is 24.3 Å². The predicted octanol–water partition coefficient (Wildman–Crippen LogP) is 2.22. The molecule has 1 fully saturated rings. The molecule has 1 aromatic carbocycles. The van der Waals surface area contributed by atoms with E-state index in [1.807, 2.05) is 43.3 Å². The van der Waals surface area contributed by atoms with Gasteiger partial charge in [0.15, 0.2) is 0 Å². The molecule has 0 aliphatic heterocycles. The summed E-state index contributed by atoms with van der Waals surface area (Å²) in [5.41, 5.74) is 1.94. The molecule has 0 bridgehead atoms. The van der Waals surface area contributed by atoms with Crippen LogP contribution in [0.2, 0.25) is 0 Å². The van der Waals surface area contributed by atoms with Gasteiger partial charge in [-0.2, -0.15) is 0 Å². The minimum Gasteiger partial charge on any atom is -0.378 e. The molecule has 1 aliphatic carbocycles. The van der Waals surface area contributed by atoms with E-state index in [0.717, 1.165) is 11.4 Å². The van der Waals surface area contributed by atoms with Gasteiger partial charge in [-0.25, -0.2) is 0 Å². The highest BCUT2D eigenvalue weighted by Crippen LogP contribution is 2.18. The van der Waals surface area contributed by atoms with E-state index in [4.69, 9.17) is 0 Å². The molecule has 0 spiro atoms. The Kier molecular flexibility index (Phi) is 4.80. The topological polar surface area (TPSA) is 44.4 Å². The molecule has 2 N–H and O–H groups in total. The van der Waals surface area contributed by atoms with E-state index in [-0.39, 0.29) is 5.91 Å². The highest BCUT2D eigenvalue weighted by molar-refractivity contribution is 5.92. The molecular formula is C15H23N3O. The first-order valence-electron chi connectivity index (χ1n) is 6.96. The summed E-state index contributed by atoms with van der Waals surface area (Å²) in [6, 6.07) is 8.40. The van der Waals surface area contributed by atoms with Gasteiger partial charge in [-0.05, 0) is 31.0 Å². The minimum absolute atomic E-state index is 0.0304. The molecule has 104 valence electrons. The summed E-state index contributed by atoms with van der Waals surface area (Å²) in [5.74, 6) is 0.0304. The molecule has 4 heteroatoms. The van der Waals surface area contributed by atoms with Crippen molar-refractivity contribution in [3.8, 4) is 0 Å². The van der Waals surface area contributed by atoms with E-state index in [1.165, 1.54) is 25.7 Å². The number of hydrogen-bond acceptors (Lipinski definition) is 3. The maximum Gasteiger partial charge on any atom is 0.238 e. The van der Waals surface area contributed by atoms with Gasteiger partial charge >= 0.3 is 0 Å². The Morgan fingerprint density at radius 3 is 2.74 bits per heavy atom. The van der Waals surface area contributed by atoms with Gasteiger partial charge in [0, 0.05) is 31.5 Å². The normalized spacial score (nSPS) is 15.5. The summed E-state index contributed by atoms with van der Waals surface area (Å²) >= 11 is 0. The Labute approximate surface area is 115 Å². The van der Waals surface area contributed by atoms with Crippen LogP contribution in [0.4, 0.5) is 11.4 Å². The molecule has 1 amide bonds. The number of nitrogens with zero attached hydrogens (tertiary/aromatic N) is 1. The van der Waals surface area contributed by atoms with Crippen molar-refractivity contribution in [2.24, 2.45) is 0 Å². The Bertz CT molecular complexity index is 425. The van der Waals surface area contributed by atoms with Gasteiger partial charge in [-0.1, -0.05) is 18.9 Å². The average Bonchev–Trinajstić information content (AvgIpc) is 2.90. The van der Waals surface area contributed by atoms with Gasteiger partial charge in [0.25, 0.3) is 0 Å². The fourth-order valence-electron chi connectivity index (χ4n) is 2.43. The summed E-state index contributed by atoms with van der Waals surface area (Å²) < 4.78 is 0. The molecule has 2 rings (SSSR count). The molecular weight excluding hydrogens is 238 g/mol. The van der Waals surface area contributed by atoms with E-state index in [9.17, 15) is 4.79 Å². The molecule has 4 nitrogen and oxygen atoms in total. The Hall–Kier alpha value is -1.55. The standard InChI is InChI=1S/C15H23N3O/c1-18(2)14-9-5-8-13(10-14)17-15(19)11-16-12-6-3-4-7-12/h5,8-10,12,16H,3-4,6-7,11H2,1-2H3,(H,17,19). The van der Waals surface area contributed by atoms with Crippen LogP contribution >= 0.6 is 0 Å². The van der Waals surface area contributed by atoms with Gasteiger partial charge in [0.2, 0.25) is 5.91 Å². The highest BCUT2D eigenvalue weighted by Gasteiger charge is 2.15. The molecule has 1 aliphatic rings. The van der Waals surface area contributed by atoms with Gasteiger partial charge in [-0.3, -0.25) is 4.79 Å². The fourth-order valence-corrected chi connectivity index (χ4v) is 2.43. The second-order valence-electron chi connectivity index (χ2n) is 5.36. The second-order valence-corrected chi connectivity index (χ2v) is 5.36. The second kappa shape index (κ2) is 6.57. The first-order valence-corrected chi connectivity index (χ1v) is 6.96. The van der Waals surface area contributed by atoms with Crippen LogP contribution < -0.4 is 15.5 Å². The number of hydrogen-bond donors (Lipinski definition) is 2. The molecule has 0 aromatic heterocycles. The number of rotatable bonds is 5. The summed E-state index contributed by atoms with van der Waals surface area (Å²) in [6.45, 7) is 0.400. The van der Waals surface area contributed by atoms with E-state index in [0.29, 0.717) is 12.6 Å². The van der Waals surface area contributed by atoms with Crippen molar-refractivity contribution in [2.45, 2.75) is 31.7 Å². The fraction of sp³-hybridized carbons (Fsp3) is 0.533. The third-order valence-corrected chi connectivity index (χ3v) is 3.55. The van der Waals surface area contributed by atoms with E-state index in [2.05, 4.69) is 10.6 Å². The van der Waals surface area contributed by atoms with Crippen molar-refractivity contribution in [1.82, 2.24) is 5.32 Å². The van der Waals surface area contributed by atoms with E-state index in [1.54, 1.807) is 0 Å². The number of anilines is 2. The van der Waals surface area contributed by atoms with Crippen LogP contribution in [-0.4, -0.2) is 32.6 Å². The maximum absolute atomic E-state index is 11.9. The van der Waals surface area contributed by atoms with Crippen molar-refractivity contribution in [3.63, 3.8) is 0 Å². The van der Waals surface area contributed by atoms with Crippen molar-refractivity contribution < 1.29 is 4.79 Å². The zero-order valence-corrected chi connectivity index (χ0v) is 11.8. The van der Waals surface area contributed by atoms with Gasteiger partial charge < -0.3 is 15.5 Å². The molecule has 0 heterocycles. The highest BCUT2D eigenvalue weighted by atomic mass is 16.1. The lowest BCUT2D eigenvalue weighted by Crippen LogP contribution is -2.34. The predicted molar refractivity (Wildman–Crippen MR) is 79.7 cm³/mol. The summed E-state index contributed by atoms with van der Waals surface area (Å²) in [4.78, 5) is 13.9. The number of nitrogens with one attached hydrogen (secondary N) is 2. The summed E-state index contributed by atoms with van der Waals surface area (Å²) in [6.07, 6.45) is 4.96. The van der Waals surface area contributed by atoms with Crippen LogP contribution in [-0.2, 0) is 4.79 Å². The third kappa shape index (κ3) is 4.24. The molecule has 1 aromatic rings. The lowest BCUT2D eigenvalue weighted by atomic mass is 10.2. The molecule has 0 radical (unpaired) electrons. The van der Waals surface area contributed by atoms with Crippen LogP contribution in [0.3, 0.4) is 0 Å². The SMILES string of the molecule is CN(C)c1cccc(NC(=O)CNC2CCCC2)c1. The third-order valence-electron chi connectivity index (χ3n) is 3.55. The van der Waals surface area contributed by atoms with Crippen molar-refractivity contribution in [2.75, 3.05) is 30.9 Å². The zero-order chi connectivity index (χ0) is 13.7. The van der Waals surface area contributed by atoms with E-state index < -0.39 is 0 Å². The van der Waals surface area contributed by atoms with Crippen LogP contribution in [0.25, 0.3) is 0 Å². The lowest BCUT2D eigenvalue weighted by Gasteiger charge is -2.15. The molecule has 0 unspecified atom stereocenters. The van der Waals surface area contributed by atoms with Gasteiger partial charge in [0.05, 0.1) is 6.54 Å². The number of amides is 1. The lowest BCUT2D eigenvalue weighted by molar-refractivity contribution is -0.115. The molecule has 19 heavy (non-hydrogen) atoms. The van der Waals surface area contributed by atoms with Gasteiger partial charge in [-0.15, -0.1) is 0 Å². The minimum atomic E-state index is 0.0304. The Morgan fingerprint density at radius 2 is 2.05 bits per heavy atom. The molecule has 1 saturated carbocycles. The van der Waals surface area contributed by atoms with Crippen LogP contribution in [0.1, 0.15) is 25.7 Å². The number of carbonyl (C=O) groups excluding carboxylic acids is 1. The van der Waals surface area contributed by atoms with Crippen LogP contribution in [0, 0.1) is 0 Å². The van der Waals surface area contributed by atoms with E-state index >= 15 is 0 Å². The van der Waals surface area contributed by atoms with Crippen molar-refractivity contribution in [1.29, 1.82) is 0 Å². The average molecular weight is 261 g/mol. The largest absolute Gasteiger partial charge is 0.378 e. The zero-order valence-electron chi connectivity index (χ0n) is 11.8. The molecule has 0 atom stereocenters. The smallest absolute Gasteiger partial charge is 0.238 e. The Balaban J connectivity index is 1.82. The Morgan fingerprint density at radius 1 is 1.32 bits per heavy atom. The first-order chi connectivity index (χ1) is 9.15. The monoisotopic (exact) mass is 261 g/mol. The maximum atomic E-state index is 11.9. The van der Waals surface area contributed by atoms with Crippen molar-refractivity contribution >= 4 is 17.3 Å². The van der Waals surface area contributed by atoms with Crippen LogP contribution in [0.15, 0.2) is 24.3 Å². The first kappa shape index (κ1) is 13.9. The quantitative estimate of drug-likeness (QED) is 0.854. The molecule has 0 saturated heterocycles. The number of benzene rings is 1. The van der Waals surface area contributed by atoms with Gasteiger partial charge in [0.1, 0.15) is 0 Å². The van der Waals surface area contributed by atoms with Crippen LogP contribution in [0.5, 0.6) is 0 Å².